The number of nitrogens with one attached hydrogen (secondary N) is 5. The monoisotopic (exact) mass is 684 g/mol. The van der Waals surface area contributed by atoms with Gasteiger partial charge in [0.1, 0.15) is 12.1 Å². The van der Waals surface area contributed by atoms with Crippen molar-refractivity contribution < 1.29 is 24.3 Å². The van der Waals surface area contributed by atoms with Gasteiger partial charge in [-0.05, 0) is 77.9 Å². The minimum Gasteiger partial charge on any atom is -0.394 e. The van der Waals surface area contributed by atoms with Crippen LogP contribution in [0.25, 0.3) is 0 Å². The van der Waals surface area contributed by atoms with E-state index in [1.165, 1.54) is 6.42 Å². The minimum absolute atomic E-state index is 0.0827. The van der Waals surface area contributed by atoms with Gasteiger partial charge >= 0.3 is 0 Å². The van der Waals surface area contributed by atoms with E-state index in [9.17, 15) is 19.2 Å². The molecular formula is C28H64N10O5S2. The zero-order chi connectivity index (χ0) is 35.3. The highest BCUT2D eigenvalue weighted by Crippen LogP contribution is 2.06. The molecule has 0 saturated carbocycles. The zero-order valence-electron chi connectivity index (χ0n) is 27.8. The van der Waals surface area contributed by atoms with Gasteiger partial charge in [-0.25, -0.2) is 0 Å². The molecule has 268 valence electrons. The number of carbonyl (C=O) groups excluding carboxylic acids is 4. The SMILES string of the molecule is CC(S)CC(C)NC(=O)C(CCCCN)NC(=O)C(CO)NC=O.CCCN=C(N)N.CCCNCS.NCCCCNC=O. The third kappa shape index (κ3) is 41.7. The molecule has 0 rings (SSSR count). The first kappa shape index (κ1) is 49.6. The van der Waals surface area contributed by atoms with E-state index in [0.717, 1.165) is 51.2 Å². The van der Waals surface area contributed by atoms with Crippen LogP contribution in [0.5, 0.6) is 0 Å². The second-order valence-electron chi connectivity index (χ2n) is 9.89. The number of aliphatic imine (C=N–C) groups is 1. The third-order valence-corrected chi connectivity index (χ3v) is 5.78. The van der Waals surface area contributed by atoms with Crippen molar-refractivity contribution in [1.82, 2.24) is 26.6 Å². The van der Waals surface area contributed by atoms with E-state index in [-0.39, 0.29) is 23.2 Å². The van der Waals surface area contributed by atoms with Gasteiger partial charge < -0.3 is 54.6 Å². The van der Waals surface area contributed by atoms with Crippen molar-refractivity contribution in [2.45, 2.75) is 102 Å². The highest BCUT2D eigenvalue weighted by Gasteiger charge is 2.25. The fraction of sp³-hybridized carbons (Fsp3) is 0.821. The van der Waals surface area contributed by atoms with Crippen molar-refractivity contribution in [3.63, 3.8) is 0 Å². The van der Waals surface area contributed by atoms with Crippen LogP contribution in [0.15, 0.2) is 4.99 Å². The lowest BCUT2D eigenvalue weighted by atomic mass is 10.1. The van der Waals surface area contributed by atoms with Crippen molar-refractivity contribution in [2.24, 2.45) is 27.9 Å². The summed E-state index contributed by atoms with van der Waals surface area (Å²) in [6.07, 6.45) is 7.74. The fourth-order valence-electron chi connectivity index (χ4n) is 3.17. The van der Waals surface area contributed by atoms with Crippen molar-refractivity contribution in [3.05, 3.63) is 0 Å². The number of amides is 4. The minimum atomic E-state index is -1.08. The molecule has 15 nitrogen and oxygen atoms in total. The lowest BCUT2D eigenvalue weighted by molar-refractivity contribution is -0.131. The maximum absolute atomic E-state index is 12.4. The Hall–Kier alpha value is -2.31. The van der Waals surface area contributed by atoms with Crippen LogP contribution in [0.2, 0.25) is 0 Å². The normalized spacial score (nSPS) is 12.4. The quantitative estimate of drug-likeness (QED) is 0.0155. The van der Waals surface area contributed by atoms with Gasteiger partial charge in [0.25, 0.3) is 0 Å². The number of hydrogen-bond donors (Lipinski definition) is 12. The molecule has 14 N–H and O–H groups in total. The van der Waals surface area contributed by atoms with Crippen LogP contribution in [-0.2, 0) is 19.2 Å². The van der Waals surface area contributed by atoms with Gasteiger partial charge in [0.15, 0.2) is 5.96 Å². The molecule has 0 saturated heterocycles. The Morgan fingerprint density at radius 1 is 0.889 bits per heavy atom. The number of aliphatic hydroxyl groups excluding tert-OH is 1. The molecule has 0 heterocycles. The van der Waals surface area contributed by atoms with Gasteiger partial charge in [-0.15, -0.1) is 0 Å². The number of guanidine groups is 1. The van der Waals surface area contributed by atoms with Crippen LogP contribution >= 0.6 is 25.3 Å². The number of nitrogens with zero attached hydrogens (tertiary/aromatic N) is 1. The van der Waals surface area contributed by atoms with E-state index in [1.54, 1.807) is 0 Å². The Bertz CT molecular complexity index is 717. The Labute approximate surface area is 281 Å². The van der Waals surface area contributed by atoms with E-state index in [0.29, 0.717) is 45.2 Å². The van der Waals surface area contributed by atoms with Crippen molar-refractivity contribution in [3.8, 4) is 0 Å². The van der Waals surface area contributed by atoms with Crippen LogP contribution in [0.4, 0.5) is 0 Å². The van der Waals surface area contributed by atoms with Gasteiger partial charge in [-0.3, -0.25) is 24.2 Å². The average molecular weight is 685 g/mol. The predicted molar refractivity (Wildman–Crippen MR) is 191 cm³/mol. The molecule has 0 fully saturated rings. The highest BCUT2D eigenvalue weighted by molar-refractivity contribution is 7.80. The summed E-state index contributed by atoms with van der Waals surface area (Å²) in [6.45, 7) is 11.2. The molecule has 4 amide bonds. The summed E-state index contributed by atoms with van der Waals surface area (Å²) in [5.41, 5.74) is 20.7. The number of rotatable bonds is 23. The molecule has 0 aliphatic carbocycles. The molecule has 0 aromatic heterocycles. The third-order valence-electron chi connectivity index (χ3n) is 5.35. The van der Waals surface area contributed by atoms with Gasteiger partial charge in [-0.1, -0.05) is 20.8 Å². The van der Waals surface area contributed by atoms with Gasteiger partial charge in [0, 0.05) is 30.3 Å². The number of carbonyl (C=O) groups is 4. The molecule has 0 bridgehead atoms. The summed E-state index contributed by atoms with van der Waals surface area (Å²) in [5, 5.41) is 22.5. The van der Waals surface area contributed by atoms with E-state index in [1.807, 2.05) is 20.8 Å². The molecule has 0 aliphatic heterocycles. The van der Waals surface area contributed by atoms with Crippen LogP contribution in [0.1, 0.15) is 79.1 Å². The van der Waals surface area contributed by atoms with Crippen molar-refractivity contribution in [1.29, 1.82) is 0 Å². The smallest absolute Gasteiger partial charge is 0.245 e. The molecule has 0 aromatic rings. The van der Waals surface area contributed by atoms with E-state index < -0.39 is 24.6 Å². The molecule has 0 aromatic carbocycles. The second kappa shape index (κ2) is 39.7. The van der Waals surface area contributed by atoms with Crippen molar-refractivity contribution >= 4 is 55.9 Å². The van der Waals surface area contributed by atoms with Crippen LogP contribution in [0, 0.1) is 0 Å². The molecule has 4 atom stereocenters. The Morgan fingerprint density at radius 2 is 1.49 bits per heavy atom. The molecule has 45 heavy (non-hydrogen) atoms. The molecule has 4 unspecified atom stereocenters. The van der Waals surface area contributed by atoms with E-state index >= 15 is 0 Å². The van der Waals surface area contributed by atoms with Crippen LogP contribution < -0.4 is 49.5 Å². The standard InChI is InChI=1S/C15H30N4O4S.C5H12N2O.C4H11N3.C4H11NS/c1-10(7-11(2)24)18-14(22)12(5-3-4-6-16)19-15(23)13(8-20)17-9-21;6-3-1-2-4-7-5-8;1-2-3-7-4(5)6;1-2-3-5-4-6/h9-13,20,24H,3-8,16H2,1-2H3,(H,17,21)(H,18,22)(H,19,23);5H,1-4,6H2,(H,7,8);2-3H2,1H3,(H4,5,6,7);5-6H,2-4H2,1H3. The summed E-state index contributed by atoms with van der Waals surface area (Å²) in [5.74, 6) is 0.0765. The highest BCUT2D eigenvalue weighted by atomic mass is 32.1. The summed E-state index contributed by atoms with van der Waals surface area (Å²) >= 11 is 8.24. The Morgan fingerprint density at radius 3 is 1.89 bits per heavy atom. The maximum atomic E-state index is 12.4. The van der Waals surface area contributed by atoms with Crippen LogP contribution in [0.3, 0.4) is 0 Å². The van der Waals surface area contributed by atoms with E-state index in [2.05, 4.69) is 63.8 Å². The van der Waals surface area contributed by atoms with Gasteiger partial charge in [-0.2, -0.15) is 25.3 Å². The molecule has 0 radical (unpaired) electrons. The fourth-order valence-corrected chi connectivity index (χ4v) is 3.64. The Balaban J connectivity index is -0.000000322. The number of hydrogen-bond acceptors (Lipinski definition) is 11. The largest absolute Gasteiger partial charge is 0.394 e. The average Bonchev–Trinajstić information content (AvgIpc) is 2.99. The first-order valence-corrected chi connectivity index (χ1v) is 16.6. The first-order valence-electron chi connectivity index (χ1n) is 15.5. The summed E-state index contributed by atoms with van der Waals surface area (Å²) in [7, 11) is 0. The van der Waals surface area contributed by atoms with Crippen molar-refractivity contribution in [2.75, 3.05) is 45.2 Å². The molecule has 17 heteroatoms. The summed E-state index contributed by atoms with van der Waals surface area (Å²) in [6, 6.07) is -1.91. The second-order valence-corrected chi connectivity index (χ2v) is 11.1. The number of nitrogens with two attached hydrogens (primary N) is 4. The van der Waals surface area contributed by atoms with E-state index in [4.69, 9.17) is 28.0 Å². The number of unbranched alkanes of at least 4 members (excludes halogenated alkanes) is 2. The van der Waals surface area contributed by atoms with Crippen LogP contribution in [-0.4, -0.2) is 104 Å². The molecular weight excluding hydrogens is 621 g/mol. The Kier molecular flexibility index (Phi) is 43.7. The lowest BCUT2D eigenvalue weighted by Gasteiger charge is -2.23. The summed E-state index contributed by atoms with van der Waals surface area (Å²) in [4.78, 5) is 48.3. The molecule has 0 aliphatic rings. The predicted octanol–water partition coefficient (Wildman–Crippen LogP) is -1.07. The number of thiol groups is 2. The number of aliphatic hydroxyl groups is 1. The molecule has 0 spiro atoms. The maximum Gasteiger partial charge on any atom is 0.245 e. The summed E-state index contributed by atoms with van der Waals surface area (Å²) < 4.78 is 0. The topological polar surface area (TPSA) is 265 Å². The first-order chi connectivity index (χ1) is 21.4. The van der Waals surface area contributed by atoms with Gasteiger partial charge in [0.05, 0.1) is 6.61 Å². The zero-order valence-corrected chi connectivity index (χ0v) is 29.6. The van der Waals surface area contributed by atoms with Gasteiger partial charge in [0.2, 0.25) is 24.6 Å². The lowest BCUT2D eigenvalue weighted by Crippen LogP contribution is -2.54.